The van der Waals surface area contributed by atoms with Gasteiger partial charge in [0.05, 0.1) is 79.4 Å². The van der Waals surface area contributed by atoms with E-state index in [1.54, 1.807) is 55.5 Å². The van der Waals surface area contributed by atoms with Gasteiger partial charge in [-0.3, -0.25) is 9.59 Å². The van der Waals surface area contributed by atoms with Gasteiger partial charge in [0.2, 0.25) is 5.91 Å². The van der Waals surface area contributed by atoms with Gasteiger partial charge < -0.3 is 102 Å². The van der Waals surface area contributed by atoms with Crippen molar-refractivity contribution in [3.8, 4) is 0 Å². The summed E-state index contributed by atoms with van der Waals surface area (Å²) >= 11 is 0. The Kier molecular flexibility index (Phi) is 48.5. The molecule has 1 aliphatic heterocycles. The summed E-state index contributed by atoms with van der Waals surface area (Å²) in [5.74, 6) is -1.03. The number of Topliss-reactive ketones (excluding diaryl/α,β-unsaturated/α-hetero) is 1. The number of carbonyl (C=O) groups excluding carboxylic acids is 2. The van der Waals surface area contributed by atoms with E-state index in [0.29, 0.717) is 38.8 Å². The smallest absolute Gasteiger partial charge is 0.248 e. The molecule has 0 radical (unpaired) electrons. The fourth-order valence-corrected chi connectivity index (χ4v) is 10.9. The van der Waals surface area contributed by atoms with E-state index in [2.05, 4.69) is 24.5 Å². The molecular weight excluding hydrogens is 1290 g/mol. The number of nitrogens with two attached hydrogens (primary N) is 1. The zero-order valence-corrected chi connectivity index (χ0v) is 60.0. The normalized spacial score (nSPS) is 22.9. The molecule has 1 heterocycles. The topological polar surface area (TPSA) is 406 Å². The third kappa shape index (κ3) is 42.4. The Labute approximate surface area is 599 Å². The van der Waals surface area contributed by atoms with Gasteiger partial charge in [-0.15, -0.1) is 0 Å². The fraction of sp³-hybridized carbons (Fsp3) is 0.570. The van der Waals surface area contributed by atoms with Gasteiger partial charge in [0.25, 0.3) is 0 Å². The van der Waals surface area contributed by atoms with Crippen LogP contribution in [0.3, 0.4) is 0 Å². The average Bonchev–Trinajstić information content (AvgIpc) is 1.28. The number of ether oxygens (including phenoxy) is 2. The number of amides is 1. The molecular formula is C79H123N3O19. The first-order valence-electron chi connectivity index (χ1n) is 35.7. The van der Waals surface area contributed by atoms with Crippen molar-refractivity contribution in [2.24, 2.45) is 23.5 Å². The second kappa shape index (κ2) is 53.8. The van der Waals surface area contributed by atoms with Crippen LogP contribution >= 0.6 is 0 Å². The lowest BCUT2D eigenvalue weighted by atomic mass is 9.88. The number of benzene rings is 1. The van der Waals surface area contributed by atoms with Gasteiger partial charge >= 0.3 is 0 Å². The molecule has 1 aromatic rings. The number of nitrogens with one attached hydrogen (secondary N) is 2. The molecule has 0 spiro atoms. The maximum Gasteiger partial charge on any atom is 0.248 e. The molecule has 22 heteroatoms. The number of ketones is 1. The van der Waals surface area contributed by atoms with Gasteiger partial charge in [-0.2, -0.15) is 0 Å². The van der Waals surface area contributed by atoms with Crippen LogP contribution in [-0.2, 0) is 25.6 Å². The van der Waals surface area contributed by atoms with Crippen LogP contribution in [0, 0.1) is 17.8 Å². The van der Waals surface area contributed by atoms with E-state index >= 15 is 0 Å². The van der Waals surface area contributed by atoms with Crippen LogP contribution in [0.15, 0.2) is 188 Å². The average molecular weight is 1420 g/mol. The molecule has 3 rings (SSSR count). The minimum Gasteiger partial charge on any atom is -0.510 e. The summed E-state index contributed by atoms with van der Waals surface area (Å²) in [5, 5.41) is 159. The molecule has 1 saturated heterocycles. The summed E-state index contributed by atoms with van der Waals surface area (Å²) in [4.78, 5) is 23.4. The van der Waals surface area contributed by atoms with Crippen molar-refractivity contribution >= 4 is 11.7 Å². The molecule has 0 saturated carbocycles. The predicted molar refractivity (Wildman–Crippen MR) is 395 cm³/mol. The van der Waals surface area contributed by atoms with Gasteiger partial charge in [0.15, 0.2) is 12.1 Å². The Balaban J connectivity index is 0.000000694. The predicted octanol–water partition coefficient (Wildman–Crippen LogP) is 6.61. The van der Waals surface area contributed by atoms with E-state index in [9.17, 15) is 86.2 Å². The van der Waals surface area contributed by atoms with Gasteiger partial charge in [-0.25, -0.2) is 0 Å². The largest absolute Gasteiger partial charge is 0.510 e. The summed E-state index contributed by atoms with van der Waals surface area (Å²) < 4.78 is 11.1. The Morgan fingerprint density at radius 1 is 0.574 bits per heavy atom. The molecule has 0 aromatic heterocycles. The maximum absolute atomic E-state index is 11.8. The van der Waals surface area contributed by atoms with Crippen molar-refractivity contribution in [2.45, 2.75) is 261 Å². The highest BCUT2D eigenvalue weighted by atomic mass is 16.7. The first-order valence-corrected chi connectivity index (χ1v) is 35.7. The second-order valence-electron chi connectivity index (χ2n) is 26.7. The Bertz CT molecular complexity index is 2810. The van der Waals surface area contributed by atoms with Crippen LogP contribution in [0.1, 0.15) is 150 Å². The van der Waals surface area contributed by atoms with Crippen molar-refractivity contribution < 1.29 is 95.7 Å². The van der Waals surface area contributed by atoms with Crippen LogP contribution in [0.5, 0.6) is 0 Å². The number of allylic oxidation sites excluding steroid dienone is 18. The fourth-order valence-electron chi connectivity index (χ4n) is 10.9. The Hall–Kier alpha value is -5.94. The minimum atomic E-state index is -1.32. The van der Waals surface area contributed by atoms with E-state index in [0.717, 1.165) is 18.4 Å². The zero-order chi connectivity index (χ0) is 75.1. The van der Waals surface area contributed by atoms with Crippen LogP contribution in [0.2, 0.25) is 0 Å². The van der Waals surface area contributed by atoms with E-state index in [1.165, 1.54) is 18.2 Å². The first-order chi connectivity index (χ1) is 48.1. The van der Waals surface area contributed by atoms with Gasteiger partial charge in [-0.1, -0.05) is 198 Å². The van der Waals surface area contributed by atoms with E-state index < -0.39 is 104 Å². The van der Waals surface area contributed by atoms with Crippen molar-refractivity contribution in [1.82, 2.24) is 10.6 Å². The van der Waals surface area contributed by atoms with Gasteiger partial charge in [0.1, 0.15) is 29.8 Å². The first kappa shape index (κ1) is 91.1. The number of hydrogen-bond donors (Lipinski definition) is 18. The lowest BCUT2D eigenvalue weighted by Gasteiger charge is -2.39. The molecule has 2 aliphatic rings. The number of aliphatic hydroxyl groups excluding tert-OH is 15. The van der Waals surface area contributed by atoms with E-state index in [-0.39, 0.29) is 111 Å². The minimum absolute atomic E-state index is 0.00769. The summed E-state index contributed by atoms with van der Waals surface area (Å²) in [6.45, 7) is 12.5. The second-order valence-corrected chi connectivity index (χ2v) is 26.7. The highest BCUT2D eigenvalue weighted by Gasteiger charge is 2.43. The molecule has 20 unspecified atom stereocenters. The molecule has 1 fully saturated rings. The lowest BCUT2D eigenvalue weighted by Crippen LogP contribution is -2.57. The molecule has 568 valence electrons. The van der Waals surface area contributed by atoms with Gasteiger partial charge in [-0.05, 0) is 109 Å². The Morgan fingerprint density at radius 3 is 1.65 bits per heavy atom. The highest BCUT2D eigenvalue weighted by molar-refractivity contribution is 6.03. The monoisotopic (exact) mass is 1420 g/mol. The quantitative estimate of drug-likeness (QED) is 0.0141. The molecule has 1 aromatic carbocycles. The molecule has 19 N–H and O–H groups in total. The SMILES string of the molecule is CC(C)C(CC(O)CC(O)CC(O)/C=C/CC(O)CC(O)CC(O)CC(O)/C=C/CC(O)CC(O)CCCN)NCc1ccccc1.CC(C/C=C/C=C/C=C/C=C/C=C/C(O)C(C)C(O)C(C)/C=C/CC/C=C/C=C/C=C/C=C/C(=O)NC1=C(O)CCC1=O)OC1OC(C)C(O)C(O)C1O. The van der Waals surface area contributed by atoms with Crippen LogP contribution in [0.4, 0.5) is 0 Å². The number of aliphatic hydroxyl groups is 15. The van der Waals surface area contributed by atoms with E-state index in [1.807, 2.05) is 130 Å². The maximum atomic E-state index is 11.8. The molecule has 0 bridgehead atoms. The number of carbonyl (C=O) groups is 2. The summed E-state index contributed by atoms with van der Waals surface area (Å²) in [5.41, 5.74) is 6.55. The molecule has 1 aliphatic carbocycles. The third-order valence-corrected chi connectivity index (χ3v) is 17.0. The third-order valence-electron chi connectivity index (χ3n) is 17.0. The molecule has 1 amide bonds. The zero-order valence-electron chi connectivity index (χ0n) is 60.0. The summed E-state index contributed by atoms with van der Waals surface area (Å²) in [6.07, 6.45) is 32.1. The number of hydrogen-bond acceptors (Lipinski definition) is 21. The van der Waals surface area contributed by atoms with Crippen molar-refractivity contribution in [1.29, 1.82) is 0 Å². The molecule has 20 atom stereocenters. The van der Waals surface area contributed by atoms with Crippen LogP contribution < -0.4 is 16.4 Å². The van der Waals surface area contributed by atoms with Crippen molar-refractivity contribution in [3.05, 3.63) is 193 Å². The molecule has 101 heavy (non-hydrogen) atoms. The number of rotatable bonds is 48. The summed E-state index contributed by atoms with van der Waals surface area (Å²) in [7, 11) is 0. The molecule has 22 nitrogen and oxygen atoms in total. The van der Waals surface area contributed by atoms with Gasteiger partial charge in [0, 0.05) is 56.2 Å². The summed E-state index contributed by atoms with van der Waals surface area (Å²) in [6, 6.07) is 10.1. The van der Waals surface area contributed by atoms with Crippen molar-refractivity contribution in [3.63, 3.8) is 0 Å². The standard InChI is InChI=1S/C43H59NO10.C36H64N2O9/c1-30(24-20-16-12-8-5-6-11-15-19-23-27-37(48)44-38-35(46)28-29-36(38)47)39(49)32(3)34(45)26-22-18-14-10-7-9-13-17-21-25-31(2)53-43-42(52)41(51)40(50)33(4)54-43;1-25(2)36(38-24-26-9-4-3-5-10-26)23-35(47)22-34(46)20-30(42)14-7-13-29(41)19-33(45)21-32(44)18-28(40)12-6-11-27(39)17-31(43)15-8-16-37/h5-11,13-15,17-24,26-27,30-34,39-43,45-46,49-52H,12,16,25,28-29H2,1-4H3,(H,44,48);3-7,9-10,12,14,25,27-36,38-47H,8,11,13,15-24,37H2,1-2H3/b8-5+,10-7+,11-6+,13-9+,18-14+,19-15+,21-17+,24-20+,26-22+,27-23+;12-6+,14-7+. The van der Waals surface area contributed by atoms with Crippen LogP contribution in [0.25, 0.3) is 0 Å². The van der Waals surface area contributed by atoms with Crippen LogP contribution in [-0.4, -0.2) is 205 Å². The van der Waals surface area contributed by atoms with E-state index in [4.69, 9.17) is 15.2 Å². The lowest BCUT2D eigenvalue weighted by molar-refractivity contribution is -0.302. The van der Waals surface area contributed by atoms with Crippen molar-refractivity contribution in [2.75, 3.05) is 6.54 Å². The Morgan fingerprint density at radius 2 is 1.09 bits per heavy atom. The number of unbranched alkanes of at least 4 members (excludes halogenated alkanes) is 1. The highest BCUT2D eigenvalue weighted by Crippen LogP contribution is 2.25.